The van der Waals surface area contributed by atoms with E-state index in [9.17, 15) is 0 Å². The second kappa shape index (κ2) is 4.49. The maximum atomic E-state index is 5.95. The summed E-state index contributed by atoms with van der Waals surface area (Å²) < 4.78 is 5.26. The number of nitrogens with zero attached hydrogens (tertiary/aromatic N) is 4. The molecule has 0 aliphatic rings. The highest BCUT2D eigenvalue weighted by Crippen LogP contribution is 2.28. The summed E-state index contributed by atoms with van der Waals surface area (Å²) in [6.07, 6.45) is 4.74. The van der Waals surface area contributed by atoms with Crippen molar-refractivity contribution in [1.29, 1.82) is 0 Å². The molecular formula is C13H11N5O. The molecule has 0 radical (unpaired) electrons. The second-order valence-electron chi connectivity index (χ2n) is 4.05. The molecule has 0 amide bonds. The second-order valence-corrected chi connectivity index (χ2v) is 4.05. The van der Waals surface area contributed by atoms with E-state index in [1.54, 1.807) is 24.7 Å². The van der Waals surface area contributed by atoms with Crippen LogP contribution in [0.4, 0.5) is 5.69 Å². The number of hydrogen-bond acceptors (Lipinski definition) is 6. The number of aromatic nitrogens is 4. The highest BCUT2D eigenvalue weighted by Gasteiger charge is 2.15. The fraction of sp³-hybridized carbons (Fsp3) is 0.0769. The number of benzene rings is 1. The average Bonchev–Trinajstić information content (AvgIpc) is 2.89. The van der Waals surface area contributed by atoms with Crippen LogP contribution in [0.1, 0.15) is 5.56 Å². The Balaban J connectivity index is 2.07. The van der Waals surface area contributed by atoms with Gasteiger partial charge in [0.1, 0.15) is 5.69 Å². The summed E-state index contributed by atoms with van der Waals surface area (Å²) >= 11 is 0. The van der Waals surface area contributed by atoms with Crippen LogP contribution in [0.15, 0.2) is 41.3 Å². The molecular weight excluding hydrogens is 242 g/mol. The first-order chi connectivity index (χ1) is 9.25. The molecule has 0 saturated carbocycles. The maximum absolute atomic E-state index is 5.95. The van der Waals surface area contributed by atoms with Crippen molar-refractivity contribution < 1.29 is 4.52 Å². The van der Waals surface area contributed by atoms with Gasteiger partial charge in [0.25, 0.3) is 5.89 Å². The normalized spacial score (nSPS) is 10.6. The highest BCUT2D eigenvalue weighted by atomic mass is 16.5. The van der Waals surface area contributed by atoms with Crippen molar-refractivity contribution in [3.63, 3.8) is 0 Å². The molecule has 0 fully saturated rings. The van der Waals surface area contributed by atoms with Gasteiger partial charge in [-0.2, -0.15) is 4.98 Å². The van der Waals surface area contributed by atoms with Gasteiger partial charge in [0.05, 0.1) is 11.8 Å². The van der Waals surface area contributed by atoms with Crippen molar-refractivity contribution in [3.05, 3.63) is 42.4 Å². The zero-order chi connectivity index (χ0) is 13.2. The topological polar surface area (TPSA) is 90.7 Å². The van der Waals surface area contributed by atoms with E-state index in [2.05, 4.69) is 20.1 Å². The Hall–Kier alpha value is -2.76. The molecule has 0 aliphatic carbocycles. The third-order valence-corrected chi connectivity index (χ3v) is 2.74. The van der Waals surface area contributed by atoms with E-state index in [0.717, 1.165) is 11.1 Å². The fourth-order valence-corrected chi connectivity index (χ4v) is 1.83. The SMILES string of the molecule is Cc1cccc(N)c1-c1nc(-c2cnccn2)no1. The molecule has 0 saturated heterocycles. The molecule has 94 valence electrons. The molecule has 2 aromatic heterocycles. The molecule has 6 heteroatoms. The van der Waals surface area contributed by atoms with Gasteiger partial charge in [-0.05, 0) is 18.6 Å². The molecule has 0 bridgehead atoms. The summed E-state index contributed by atoms with van der Waals surface area (Å²) in [7, 11) is 0. The summed E-state index contributed by atoms with van der Waals surface area (Å²) in [5, 5.41) is 3.90. The van der Waals surface area contributed by atoms with Crippen LogP contribution in [0.3, 0.4) is 0 Å². The Morgan fingerprint density at radius 2 is 2.11 bits per heavy atom. The average molecular weight is 253 g/mol. The molecule has 19 heavy (non-hydrogen) atoms. The first-order valence-electron chi connectivity index (χ1n) is 5.71. The van der Waals surface area contributed by atoms with Crippen molar-refractivity contribution in [2.75, 3.05) is 5.73 Å². The Labute approximate surface area is 109 Å². The predicted molar refractivity (Wildman–Crippen MR) is 69.9 cm³/mol. The summed E-state index contributed by atoms with van der Waals surface area (Å²) in [5.41, 5.74) is 8.85. The summed E-state index contributed by atoms with van der Waals surface area (Å²) in [5.74, 6) is 0.780. The Bertz CT molecular complexity index is 688. The van der Waals surface area contributed by atoms with Gasteiger partial charge in [0.15, 0.2) is 0 Å². The third kappa shape index (κ3) is 2.03. The van der Waals surface area contributed by atoms with Gasteiger partial charge >= 0.3 is 0 Å². The van der Waals surface area contributed by atoms with E-state index >= 15 is 0 Å². The lowest BCUT2D eigenvalue weighted by Gasteiger charge is -2.03. The number of anilines is 1. The highest BCUT2D eigenvalue weighted by molar-refractivity contribution is 5.74. The van der Waals surface area contributed by atoms with E-state index in [1.165, 1.54) is 0 Å². The zero-order valence-electron chi connectivity index (χ0n) is 10.2. The molecule has 2 N–H and O–H groups in total. The lowest BCUT2D eigenvalue weighted by atomic mass is 10.1. The van der Waals surface area contributed by atoms with Gasteiger partial charge in [0.2, 0.25) is 5.82 Å². The number of nitrogen functional groups attached to an aromatic ring is 1. The quantitative estimate of drug-likeness (QED) is 0.703. The van der Waals surface area contributed by atoms with Crippen LogP contribution in [-0.2, 0) is 0 Å². The first-order valence-corrected chi connectivity index (χ1v) is 5.71. The van der Waals surface area contributed by atoms with E-state index in [1.807, 2.05) is 19.1 Å². The first kappa shape index (κ1) is 11.3. The fourth-order valence-electron chi connectivity index (χ4n) is 1.83. The zero-order valence-corrected chi connectivity index (χ0v) is 10.2. The Morgan fingerprint density at radius 1 is 1.21 bits per heavy atom. The van der Waals surface area contributed by atoms with Crippen LogP contribution < -0.4 is 5.73 Å². The van der Waals surface area contributed by atoms with Crippen LogP contribution in [0.5, 0.6) is 0 Å². The van der Waals surface area contributed by atoms with Gasteiger partial charge in [-0.3, -0.25) is 4.98 Å². The number of hydrogen-bond donors (Lipinski definition) is 1. The van der Waals surface area contributed by atoms with E-state index in [4.69, 9.17) is 10.3 Å². The standard InChI is InChI=1S/C13H11N5O/c1-8-3-2-4-9(14)11(8)13-17-12(18-19-13)10-7-15-5-6-16-10/h2-7H,14H2,1H3. The van der Waals surface area contributed by atoms with Gasteiger partial charge < -0.3 is 10.3 Å². The van der Waals surface area contributed by atoms with E-state index in [-0.39, 0.29) is 0 Å². The van der Waals surface area contributed by atoms with Crippen LogP contribution >= 0.6 is 0 Å². The number of aryl methyl sites for hydroxylation is 1. The van der Waals surface area contributed by atoms with Crippen molar-refractivity contribution in [2.45, 2.75) is 6.92 Å². The van der Waals surface area contributed by atoms with Gasteiger partial charge in [-0.1, -0.05) is 17.3 Å². The molecule has 0 atom stereocenters. The van der Waals surface area contributed by atoms with E-state index < -0.39 is 0 Å². The maximum Gasteiger partial charge on any atom is 0.260 e. The summed E-state index contributed by atoms with van der Waals surface area (Å²) in [4.78, 5) is 12.4. The van der Waals surface area contributed by atoms with Crippen LogP contribution in [0, 0.1) is 6.92 Å². The molecule has 1 aromatic carbocycles. The van der Waals surface area contributed by atoms with Crippen molar-refractivity contribution in [3.8, 4) is 23.0 Å². The smallest absolute Gasteiger partial charge is 0.260 e. The Kier molecular flexibility index (Phi) is 2.68. The summed E-state index contributed by atoms with van der Waals surface area (Å²) in [6.45, 7) is 1.94. The molecule has 3 rings (SSSR count). The van der Waals surface area contributed by atoms with Gasteiger partial charge in [-0.15, -0.1) is 0 Å². The van der Waals surface area contributed by atoms with Crippen LogP contribution in [-0.4, -0.2) is 20.1 Å². The van der Waals surface area contributed by atoms with Gasteiger partial charge in [-0.25, -0.2) is 4.98 Å². The minimum absolute atomic E-state index is 0.385. The third-order valence-electron chi connectivity index (χ3n) is 2.74. The van der Waals surface area contributed by atoms with E-state index in [0.29, 0.717) is 23.1 Å². The van der Waals surface area contributed by atoms with Gasteiger partial charge in [0, 0.05) is 18.1 Å². The largest absolute Gasteiger partial charge is 0.398 e. The molecule has 3 aromatic rings. The summed E-state index contributed by atoms with van der Waals surface area (Å²) in [6, 6.07) is 5.63. The molecule has 0 unspecified atom stereocenters. The number of nitrogens with two attached hydrogens (primary N) is 1. The van der Waals surface area contributed by atoms with Crippen LogP contribution in [0.2, 0.25) is 0 Å². The van der Waals surface area contributed by atoms with Crippen molar-refractivity contribution >= 4 is 5.69 Å². The number of rotatable bonds is 2. The molecule has 0 aliphatic heterocycles. The Morgan fingerprint density at radius 3 is 2.84 bits per heavy atom. The predicted octanol–water partition coefficient (Wildman–Crippen LogP) is 2.08. The lowest BCUT2D eigenvalue weighted by Crippen LogP contribution is -1.93. The van der Waals surface area contributed by atoms with Crippen molar-refractivity contribution in [2.24, 2.45) is 0 Å². The molecule has 0 spiro atoms. The van der Waals surface area contributed by atoms with Crippen LogP contribution in [0.25, 0.3) is 23.0 Å². The molecule has 2 heterocycles. The minimum Gasteiger partial charge on any atom is -0.398 e. The monoisotopic (exact) mass is 253 g/mol. The minimum atomic E-state index is 0.385. The molecule has 6 nitrogen and oxygen atoms in total. The van der Waals surface area contributed by atoms with Crippen molar-refractivity contribution in [1.82, 2.24) is 20.1 Å². The lowest BCUT2D eigenvalue weighted by molar-refractivity contribution is 0.432.